The lowest BCUT2D eigenvalue weighted by atomic mass is 10.1. The first-order valence-electron chi connectivity index (χ1n) is 9.07. The number of amides is 1. The minimum absolute atomic E-state index is 0. The van der Waals surface area contributed by atoms with Gasteiger partial charge in [0.15, 0.2) is 0 Å². The zero-order valence-corrected chi connectivity index (χ0v) is 17.6. The minimum atomic E-state index is -3.73. The summed E-state index contributed by atoms with van der Waals surface area (Å²) in [7, 11) is -3.73. The van der Waals surface area contributed by atoms with Crippen LogP contribution >= 0.6 is 12.4 Å². The Morgan fingerprint density at radius 1 is 1.14 bits per heavy atom. The van der Waals surface area contributed by atoms with Crippen molar-refractivity contribution in [2.24, 2.45) is 0 Å². The molecule has 0 radical (unpaired) electrons. The molecule has 3 N–H and O–H groups in total. The lowest BCUT2D eigenvalue weighted by Gasteiger charge is -2.23. The van der Waals surface area contributed by atoms with Crippen LogP contribution in [0.1, 0.15) is 34.3 Å². The zero-order valence-electron chi connectivity index (χ0n) is 16.0. The highest BCUT2D eigenvalue weighted by molar-refractivity contribution is 7.92. The summed E-state index contributed by atoms with van der Waals surface area (Å²) in [5.74, 6) is -0.198. The molecule has 1 aliphatic heterocycles. The normalized spacial score (nSPS) is 16.7. The molecule has 3 rings (SSSR count). The summed E-state index contributed by atoms with van der Waals surface area (Å²) in [6, 6.07) is 12.0. The number of aryl methyl sites for hydroxylation is 2. The smallest absolute Gasteiger partial charge is 0.262 e. The van der Waals surface area contributed by atoms with Gasteiger partial charge in [0.25, 0.3) is 15.9 Å². The van der Waals surface area contributed by atoms with Crippen molar-refractivity contribution in [1.29, 1.82) is 0 Å². The van der Waals surface area contributed by atoms with Crippen molar-refractivity contribution in [1.82, 2.24) is 10.6 Å². The van der Waals surface area contributed by atoms with E-state index in [1.165, 1.54) is 0 Å². The van der Waals surface area contributed by atoms with Crippen LogP contribution in [0.2, 0.25) is 0 Å². The van der Waals surface area contributed by atoms with Crippen LogP contribution in [0.3, 0.4) is 0 Å². The highest BCUT2D eigenvalue weighted by atomic mass is 35.5. The van der Waals surface area contributed by atoms with Gasteiger partial charge in [0.1, 0.15) is 0 Å². The van der Waals surface area contributed by atoms with Crippen LogP contribution < -0.4 is 15.4 Å². The Morgan fingerprint density at radius 3 is 2.64 bits per heavy atom. The average molecular weight is 424 g/mol. The number of nitrogens with one attached hydrogen (secondary N) is 3. The molecule has 1 heterocycles. The fourth-order valence-corrected chi connectivity index (χ4v) is 4.55. The Morgan fingerprint density at radius 2 is 1.93 bits per heavy atom. The van der Waals surface area contributed by atoms with E-state index in [-0.39, 0.29) is 29.3 Å². The third-order valence-corrected chi connectivity index (χ3v) is 6.17. The summed E-state index contributed by atoms with van der Waals surface area (Å²) < 4.78 is 28.1. The molecule has 0 aromatic heterocycles. The number of rotatable bonds is 5. The average Bonchev–Trinajstić information content (AvgIpc) is 2.64. The predicted octanol–water partition coefficient (Wildman–Crippen LogP) is 3.01. The second-order valence-electron chi connectivity index (χ2n) is 6.97. The summed E-state index contributed by atoms with van der Waals surface area (Å²) in [5, 5.41) is 6.25. The van der Waals surface area contributed by atoms with Gasteiger partial charge in [0, 0.05) is 23.8 Å². The van der Waals surface area contributed by atoms with Crippen molar-refractivity contribution < 1.29 is 13.2 Å². The zero-order chi connectivity index (χ0) is 19.4. The van der Waals surface area contributed by atoms with Crippen LogP contribution in [0.4, 0.5) is 5.69 Å². The van der Waals surface area contributed by atoms with E-state index in [0.29, 0.717) is 16.8 Å². The SMILES string of the molecule is Cc1ccc(C)c(S(=O)(=O)Nc2cccc(C(=O)NC3CCCNC3)c2)c1.Cl. The Hall–Kier alpha value is -2.09. The number of carbonyl (C=O) groups is 1. The Labute approximate surface area is 172 Å². The molecule has 28 heavy (non-hydrogen) atoms. The Bertz CT molecular complexity index is 941. The molecule has 1 fully saturated rings. The first-order chi connectivity index (χ1) is 12.8. The van der Waals surface area contributed by atoms with Crippen molar-refractivity contribution in [2.75, 3.05) is 17.8 Å². The van der Waals surface area contributed by atoms with Gasteiger partial charge in [-0.15, -0.1) is 12.4 Å². The summed E-state index contributed by atoms with van der Waals surface area (Å²) >= 11 is 0. The standard InChI is InChI=1S/C20H25N3O3S.ClH/c1-14-8-9-15(2)19(11-14)27(25,26)23-17-6-3-5-16(12-17)20(24)22-18-7-4-10-21-13-18;/h3,5-6,8-9,11-12,18,21,23H,4,7,10,13H2,1-2H3,(H,22,24);1H. The fraction of sp³-hybridized carbons (Fsp3) is 0.350. The van der Waals surface area contributed by atoms with Crippen LogP contribution in [0.5, 0.6) is 0 Å². The molecule has 1 amide bonds. The molecule has 1 unspecified atom stereocenters. The number of carbonyl (C=O) groups excluding carboxylic acids is 1. The number of sulfonamides is 1. The van der Waals surface area contributed by atoms with Gasteiger partial charge < -0.3 is 10.6 Å². The molecule has 8 heteroatoms. The summed E-state index contributed by atoms with van der Waals surface area (Å²) in [4.78, 5) is 12.7. The molecule has 1 atom stereocenters. The van der Waals surface area contributed by atoms with Crippen molar-refractivity contribution in [3.05, 3.63) is 59.2 Å². The highest BCUT2D eigenvalue weighted by Crippen LogP contribution is 2.21. The van der Waals surface area contributed by atoms with Crippen LogP contribution in [0, 0.1) is 13.8 Å². The van der Waals surface area contributed by atoms with Gasteiger partial charge in [0.05, 0.1) is 4.90 Å². The molecule has 6 nitrogen and oxygen atoms in total. The van der Waals surface area contributed by atoms with Gasteiger partial charge in [-0.2, -0.15) is 0 Å². The number of benzene rings is 2. The lowest BCUT2D eigenvalue weighted by Crippen LogP contribution is -2.45. The minimum Gasteiger partial charge on any atom is -0.348 e. The number of hydrogen-bond acceptors (Lipinski definition) is 4. The third kappa shape index (κ3) is 5.47. The molecule has 0 aliphatic carbocycles. The molecule has 2 aromatic carbocycles. The van der Waals surface area contributed by atoms with Crippen molar-refractivity contribution in [3.8, 4) is 0 Å². The quantitative estimate of drug-likeness (QED) is 0.689. The van der Waals surface area contributed by atoms with E-state index in [1.807, 2.05) is 13.0 Å². The van der Waals surface area contributed by atoms with Crippen molar-refractivity contribution in [2.45, 2.75) is 37.6 Å². The second kappa shape index (κ2) is 9.41. The molecular formula is C20H26ClN3O3S. The van der Waals surface area contributed by atoms with E-state index >= 15 is 0 Å². The van der Waals surface area contributed by atoms with Gasteiger partial charge in [-0.05, 0) is 68.6 Å². The monoisotopic (exact) mass is 423 g/mol. The van der Waals surface area contributed by atoms with Crippen LogP contribution in [-0.2, 0) is 10.0 Å². The summed E-state index contributed by atoms with van der Waals surface area (Å²) in [6.45, 7) is 5.34. The molecular weight excluding hydrogens is 398 g/mol. The van der Waals surface area contributed by atoms with E-state index in [1.54, 1.807) is 43.3 Å². The molecule has 2 aromatic rings. The topological polar surface area (TPSA) is 87.3 Å². The van der Waals surface area contributed by atoms with Gasteiger partial charge in [-0.25, -0.2) is 8.42 Å². The largest absolute Gasteiger partial charge is 0.348 e. The predicted molar refractivity (Wildman–Crippen MR) is 114 cm³/mol. The maximum Gasteiger partial charge on any atom is 0.262 e. The van der Waals surface area contributed by atoms with Gasteiger partial charge in [-0.1, -0.05) is 18.2 Å². The van der Waals surface area contributed by atoms with E-state index in [9.17, 15) is 13.2 Å². The summed E-state index contributed by atoms with van der Waals surface area (Å²) in [6.07, 6.45) is 1.97. The first kappa shape index (κ1) is 22.2. The molecule has 1 saturated heterocycles. The van der Waals surface area contributed by atoms with E-state index in [2.05, 4.69) is 15.4 Å². The van der Waals surface area contributed by atoms with Gasteiger partial charge in [-0.3, -0.25) is 9.52 Å². The van der Waals surface area contributed by atoms with Crippen LogP contribution in [-0.4, -0.2) is 33.5 Å². The third-order valence-electron chi connectivity index (χ3n) is 4.64. The number of halogens is 1. The Kier molecular flexibility index (Phi) is 7.46. The van der Waals surface area contributed by atoms with E-state index in [0.717, 1.165) is 31.5 Å². The maximum absolute atomic E-state index is 12.8. The molecule has 0 spiro atoms. The van der Waals surface area contributed by atoms with Crippen molar-refractivity contribution in [3.63, 3.8) is 0 Å². The second-order valence-corrected chi connectivity index (χ2v) is 8.62. The first-order valence-corrected chi connectivity index (χ1v) is 10.6. The number of piperidine rings is 1. The summed E-state index contributed by atoms with van der Waals surface area (Å²) in [5.41, 5.74) is 2.34. The number of hydrogen-bond donors (Lipinski definition) is 3. The van der Waals surface area contributed by atoms with E-state index < -0.39 is 10.0 Å². The lowest BCUT2D eigenvalue weighted by molar-refractivity contribution is 0.0930. The fourth-order valence-electron chi connectivity index (χ4n) is 3.17. The van der Waals surface area contributed by atoms with Gasteiger partial charge >= 0.3 is 0 Å². The van der Waals surface area contributed by atoms with E-state index in [4.69, 9.17) is 0 Å². The molecule has 0 saturated carbocycles. The van der Waals surface area contributed by atoms with Gasteiger partial charge in [0.2, 0.25) is 0 Å². The molecule has 0 bridgehead atoms. The molecule has 1 aliphatic rings. The maximum atomic E-state index is 12.8. The van der Waals surface area contributed by atoms with Crippen LogP contribution in [0.25, 0.3) is 0 Å². The molecule has 152 valence electrons. The highest BCUT2D eigenvalue weighted by Gasteiger charge is 2.19. The van der Waals surface area contributed by atoms with Crippen LogP contribution in [0.15, 0.2) is 47.4 Å². The number of anilines is 1. The van der Waals surface area contributed by atoms with Crippen molar-refractivity contribution >= 4 is 34.0 Å². The Balaban J connectivity index is 0.00000280.